The van der Waals surface area contributed by atoms with Crippen LogP contribution in [0.4, 0.5) is 26.2 Å². The minimum absolute atomic E-state index is 0.0938. The number of hydrogen-bond acceptors (Lipinski definition) is 8. The number of nitrogens with one attached hydrogen (secondary N) is 4. The van der Waals surface area contributed by atoms with Crippen LogP contribution in [0.25, 0.3) is 10.9 Å². The van der Waals surface area contributed by atoms with Crippen molar-refractivity contribution in [2.45, 2.75) is 32.1 Å². The van der Waals surface area contributed by atoms with Gasteiger partial charge in [-0.1, -0.05) is 0 Å². The fourth-order valence-electron chi connectivity index (χ4n) is 4.61. The largest absolute Gasteiger partial charge is 0.421 e. The van der Waals surface area contributed by atoms with E-state index < -0.39 is 11.6 Å². The van der Waals surface area contributed by atoms with Crippen molar-refractivity contribution in [2.24, 2.45) is 0 Å². The Balaban J connectivity index is 1.22. The van der Waals surface area contributed by atoms with Gasteiger partial charge in [-0.15, -0.1) is 0 Å². The number of H-pyrrole nitrogens is 2. The van der Waals surface area contributed by atoms with Gasteiger partial charge in [0.1, 0.15) is 11.6 Å². The maximum Gasteiger partial charge on any atom is 0.326 e. The minimum atomic E-state index is -0.686. The van der Waals surface area contributed by atoms with Crippen molar-refractivity contribution >= 4 is 28.4 Å². The van der Waals surface area contributed by atoms with E-state index >= 15 is 4.39 Å². The average Bonchev–Trinajstić information content (AvgIpc) is 3.52. The molecule has 1 aliphatic carbocycles. The lowest BCUT2D eigenvalue weighted by molar-refractivity contribution is 0.0378. The lowest BCUT2D eigenvalue weighted by Crippen LogP contribution is -2.37. The average molecular weight is 525 g/mol. The Bertz CT molecular complexity index is 1430. The second-order valence-corrected chi connectivity index (χ2v) is 9.78. The van der Waals surface area contributed by atoms with Gasteiger partial charge in [0.05, 0.1) is 18.7 Å². The van der Waals surface area contributed by atoms with Gasteiger partial charge in [0.25, 0.3) is 0 Å². The summed E-state index contributed by atoms with van der Waals surface area (Å²) in [5, 5.41) is 13.9. The van der Waals surface area contributed by atoms with E-state index in [9.17, 15) is 4.39 Å². The molecule has 0 radical (unpaired) electrons. The first kappa shape index (κ1) is 24.6. The number of fused-ring (bicyclic) bond motifs is 1. The van der Waals surface area contributed by atoms with Crippen molar-refractivity contribution in [2.75, 3.05) is 50.0 Å². The molecule has 1 aromatic carbocycles. The fraction of sp³-hybridized carbons (Fsp3) is 0.423. The van der Waals surface area contributed by atoms with Gasteiger partial charge in [-0.2, -0.15) is 15.1 Å². The molecule has 1 saturated heterocycles. The summed E-state index contributed by atoms with van der Waals surface area (Å²) >= 11 is 0. The molecule has 0 spiro atoms. The van der Waals surface area contributed by atoms with Crippen molar-refractivity contribution in [1.29, 1.82) is 0 Å². The third-order valence-electron chi connectivity index (χ3n) is 6.74. The van der Waals surface area contributed by atoms with Crippen LogP contribution < -0.4 is 15.4 Å². The van der Waals surface area contributed by atoms with Crippen LogP contribution in [0.3, 0.4) is 0 Å². The van der Waals surface area contributed by atoms with Crippen LogP contribution >= 0.6 is 0 Å². The summed E-state index contributed by atoms with van der Waals surface area (Å²) in [6, 6.07) is 6.11. The van der Waals surface area contributed by atoms with Crippen LogP contribution in [-0.4, -0.2) is 69.4 Å². The number of aromatic amines is 2. The van der Waals surface area contributed by atoms with Gasteiger partial charge < -0.3 is 25.1 Å². The van der Waals surface area contributed by atoms with Gasteiger partial charge in [-0.05, 0) is 38.8 Å². The number of aryl methyl sites for hydroxylation is 1. The Morgan fingerprint density at radius 3 is 2.71 bits per heavy atom. The Hall–Kier alpha value is -3.77. The fourth-order valence-corrected chi connectivity index (χ4v) is 4.61. The number of ether oxygens (including phenoxy) is 2. The highest BCUT2D eigenvalue weighted by Crippen LogP contribution is 2.40. The zero-order chi connectivity index (χ0) is 26.1. The summed E-state index contributed by atoms with van der Waals surface area (Å²) in [6.45, 7) is 6.72. The van der Waals surface area contributed by atoms with Crippen LogP contribution in [0, 0.1) is 18.6 Å². The highest BCUT2D eigenvalue weighted by molar-refractivity contribution is 5.83. The molecule has 1 aliphatic heterocycles. The van der Waals surface area contributed by atoms with Crippen LogP contribution in [-0.2, 0) is 4.74 Å². The molecule has 12 heteroatoms. The Kier molecular flexibility index (Phi) is 6.81. The molecular weight excluding hydrogens is 494 g/mol. The molecule has 4 N–H and O–H groups in total. The molecular formula is C26H30F2N8O2. The van der Waals surface area contributed by atoms with E-state index in [0.717, 1.165) is 63.9 Å². The predicted molar refractivity (Wildman–Crippen MR) is 139 cm³/mol. The first-order chi connectivity index (χ1) is 18.5. The maximum atomic E-state index is 15.2. The molecule has 4 aromatic rings. The number of rotatable bonds is 10. The Morgan fingerprint density at radius 1 is 1.08 bits per heavy atom. The number of morpholine rings is 1. The van der Waals surface area contributed by atoms with Crippen molar-refractivity contribution < 1.29 is 18.3 Å². The third kappa shape index (κ3) is 5.55. The Morgan fingerprint density at radius 2 is 1.89 bits per heavy atom. The van der Waals surface area contributed by atoms with Crippen molar-refractivity contribution in [1.82, 2.24) is 30.0 Å². The normalized spacial score (nSPS) is 16.2. The second kappa shape index (κ2) is 10.5. The zero-order valence-corrected chi connectivity index (χ0v) is 21.1. The lowest BCUT2D eigenvalue weighted by atomic mass is 10.2. The summed E-state index contributed by atoms with van der Waals surface area (Å²) in [5.41, 5.74) is 1.81. The predicted octanol–water partition coefficient (Wildman–Crippen LogP) is 4.82. The molecule has 0 bridgehead atoms. The number of halogens is 2. The number of hydrogen-bond donors (Lipinski definition) is 4. The van der Waals surface area contributed by atoms with E-state index in [1.807, 2.05) is 6.07 Å². The molecule has 0 unspecified atom stereocenters. The van der Waals surface area contributed by atoms with E-state index in [-0.39, 0.29) is 22.7 Å². The first-order valence-electron chi connectivity index (χ1n) is 12.9. The summed E-state index contributed by atoms with van der Waals surface area (Å²) in [5.74, 6) is 0.446. The van der Waals surface area contributed by atoms with Crippen LogP contribution in [0.1, 0.15) is 36.6 Å². The molecule has 38 heavy (non-hydrogen) atoms. The quantitative estimate of drug-likeness (QED) is 0.218. The van der Waals surface area contributed by atoms with Gasteiger partial charge in [-0.3, -0.25) is 10.00 Å². The molecule has 0 amide bonds. The SMILES string of the molecule is Cc1cc2c(F)c(Oc3nc(NCCCN4CCOCC4)cc(Nc4cc(C5CC5)[nH]n4)n3)cc(F)c2[nH]1. The van der Waals surface area contributed by atoms with E-state index in [4.69, 9.17) is 9.47 Å². The number of nitrogens with zero attached hydrogens (tertiary/aromatic N) is 4. The van der Waals surface area contributed by atoms with Gasteiger partial charge in [-0.25, -0.2) is 8.78 Å². The molecule has 6 rings (SSSR count). The summed E-state index contributed by atoms with van der Waals surface area (Å²) in [6.07, 6.45) is 3.20. The number of anilines is 3. The topological polar surface area (TPSA) is 116 Å². The van der Waals surface area contributed by atoms with Crippen molar-refractivity contribution in [3.05, 3.63) is 47.3 Å². The molecule has 200 valence electrons. The highest BCUT2D eigenvalue weighted by Gasteiger charge is 2.25. The first-order valence-corrected chi connectivity index (χ1v) is 12.9. The smallest absolute Gasteiger partial charge is 0.326 e. The third-order valence-corrected chi connectivity index (χ3v) is 6.74. The monoisotopic (exact) mass is 524 g/mol. The molecule has 0 atom stereocenters. The van der Waals surface area contributed by atoms with E-state index in [1.165, 1.54) is 6.07 Å². The standard InChI is InChI=1S/C26H30F2N8O2/c1-15-11-17-24(28)20(12-18(27)25(17)30-15)38-26-32-21(29-5-2-6-36-7-9-37-10-8-36)14-22(33-26)31-23-13-19(34-35-23)16-3-4-16/h11-14,16,30H,2-10H2,1H3,(H3,29,31,32,33,34,35). The van der Waals surface area contributed by atoms with Crippen LogP contribution in [0.5, 0.6) is 11.8 Å². The molecule has 4 heterocycles. The van der Waals surface area contributed by atoms with Gasteiger partial charge in [0.15, 0.2) is 23.2 Å². The van der Waals surface area contributed by atoms with Gasteiger partial charge in [0, 0.05) is 60.5 Å². The van der Waals surface area contributed by atoms with Crippen LogP contribution in [0.15, 0.2) is 24.3 Å². The second-order valence-electron chi connectivity index (χ2n) is 9.78. The summed E-state index contributed by atoms with van der Waals surface area (Å²) in [4.78, 5) is 14.0. The van der Waals surface area contributed by atoms with E-state index in [1.54, 1.807) is 13.0 Å². The van der Waals surface area contributed by atoms with Gasteiger partial charge >= 0.3 is 6.01 Å². The van der Waals surface area contributed by atoms with E-state index in [2.05, 4.69) is 40.7 Å². The highest BCUT2D eigenvalue weighted by atomic mass is 19.1. The van der Waals surface area contributed by atoms with Crippen LogP contribution in [0.2, 0.25) is 0 Å². The number of benzene rings is 1. The summed E-state index contributed by atoms with van der Waals surface area (Å²) in [7, 11) is 0. The molecule has 2 fully saturated rings. The van der Waals surface area contributed by atoms with Crippen molar-refractivity contribution in [3.63, 3.8) is 0 Å². The lowest BCUT2D eigenvalue weighted by Gasteiger charge is -2.26. The Labute approximate surface area is 218 Å². The van der Waals surface area contributed by atoms with Gasteiger partial charge in [0.2, 0.25) is 0 Å². The minimum Gasteiger partial charge on any atom is -0.421 e. The molecule has 1 saturated carbocycles. The van der Waals surface area contributed by atoms with E-state index in [0.29, 0.717) is 35.6 Å². The number of aromatic nitrogens is 5. The molecule has 10 nitrogen and oxygen atoms in total. The summed E-state index contributed by atoms with van der Waals surface area (Å²) < 4.78 is 40.9. The zero-order valence-electron chi connectivity index (χ0n) is 21.1. The molecule has 2 aliphatic rings. The van der Waals surface area contributed by atoms with Crippen molar-refractivity contribution in [3.8, 4) is 11.8 Å². The maximum absolute atomic E-state index is 15.2. The molecule has 3 aromatic heterocycles.